The van der Waals surface area contributed by atoms with Crippen molar-refractivity contribution in [3.63, 3.8) is 0 Å². The summed E-state index contributed by atoms with van der Waals surface area (Å²) in [5.74, 6) is -0.298. The second kappa shape index (κ2) is 5.78. The highest BCUT2D eigenvalue weighted by Crippen LogP contribution is 2.35. The van der Waals surface area contributed by atoms with Gasteiger partial charge in [0, 0.05) is 15.5 Å². The van der Waals surface area contributed by atoms with E-state index in [4.69, 9.17) is 5.73 Å². The number of halogens is 2. The van der Waals surface area contributed by atoms with Crippen LogP contribution >= 0.6 is 27.7 Å². The Morgan fingerprint density at radius 2 is 1.70 bits per heavy atom. The Labute approximate surface area is 131 Å². The van der Waals surface area contributed by atoms with Crippen LogP contribution in [0.4, 0.5) is 10.1 Å². The van der Waals surface area contributed by atoms with Gasteiger partial charge < -0.3 is 5.73 Å². The van der Waals surface area contributed by atoms with Gasteiger partial charge in [-0.15, -0.1) is 0 Å². The summed E-state index contributed by atoms with van der Waals surface area (Å²) < 4.78 is 14.0. The van der Waals surface area contributed by atoms with Crippen molar-refractivity contribution in [2.45, 2.75) is 36.0 Å². The molecule has 0 saturated carbocycles. The lowest BCUT2D eigenvalue weighted by atomic mass is 9.87. The van der Waals surface area contributed by atoms with Crippen LogP contribution in [0.25, 0.3) is 0 Å². The van der Waals surface area contributed by atoms with Crippen molar-refractivity contribution in [3.8, 4) is 0 Å². The molecule has 20 heavy (non-hydrogen) atoms. The summed E-state index contributed by atoms with van der Waals surface area (Å²) in [5, 5.41) is 0. The summed E-state index contributed by atoms with van der Waals surface area (Å²) in [6, 6.07) is 11.4. The summed E-state index contributed by atoms with van der Waals surface area (Å²) in [6.07, 6.45) is 0. The van der Waals surface area contributed by atoms with Gasteiger partial charge in [0.15, 0.2) is 0 Å². The summed E-state index contributed by atoms with van der Waals surface area (Å²) >= 11 is 4.60. The van der Waals surface area contributed by atoms with Crippen LogP contribution in [0.5, 0.6) is 0 Å². The quantitative estimate of drug-likeness (QED) is 0.709. The molecule has 2 aromatic carbocycles. The molecule has 1 nitrogen and oxygen atoms in total. The maximum atomic E-state index is 13.6. The minimum absolute atomic E-state index is 0.131. The van der Waals surface area contributed by atoms with Crippen LogP contribution in [0.2, 0.25) is 0 Å². The van der Waals surface area contributed by atoms with Crippen LogP contribution in [-0.4, -0.2) is 0 Å². The van der Waals surface area contributed by atoms with Crippen molar-refractivity contribution in [1.82, 2.24) is 0 Å². The molecule has 0 spiro atoms. The Balaban J connectivity index is 2.25. The normalized spacial score (nSPS) is 11.7. The summed E-state index contributed by atoms with van der Waals surface area (Å²) in [7, 11) is 0. The van der Waals surface area contributed by atoms with Crippen LogP contribution in [0, 0.1) is 5.82 Å². The number of benzene rings is 2. The van der Waals surface area contributed by atoms with Crippen molar-refractivity contribution < 1.29 is 4.39 Å². The zero-order valence-electron chi connectivity index (χ0n) is 11.7. The van der Waals surface area contributed by atoms with Gasteiger partial charge in [0.1, 0.15) is 5.82 Å². The van der Waals surface area contributed by atoms with Gasteiger partial charge in [-0.25, -0.2) is 4.39 Å². The Morgan fingerprint density at radius 3 is 2.25 bits per heavy atom. The lowest BCUT2D eigenvalue weighted by Gasteiger charge is -2.19. The Kier molecular flexibility index (Phi) is 4.45. The van der Waals surface area contributed by atoms with Gasteiger partial charge in [0.05, 0.1) is 4.47 Å². The van der Waals surface area contributed by atoms with Crippen molar-refractivity contribution in [2.75, 3.05) is 5.73 Å². The molecule has 0 aromatic heterocycles. The number of nitrogens with two attached hydrogens (primary N) is 1. The zero-order chi connectivity index (χ0) is 14.9. The first-order chi connectivity index (χ1) is 9.27. The van der Waals surface area contributed by atoms with Crippen molar-refractivity contribution in [1.29, 1.82) is 0 Å². The highest BCUT2D eigenvalue weighted by atomic mass is 79.9. The first-order valence-corrected chi connectivity index (χ1v) is 7.91. The molecule has 0 aliphatic heterocycles. The fourth-order valence-electron chi connectivity index (χ4n) is 1.78. The highest BCUT2D eigenvalue weighted by Gasteiger charge is 2.13. The molecule has 0 amide bonds. The molecule has 4 heteroatoms. The summed E-state index contributed by atoms with van der Waals surface area (Å²) in [5.41, 5.74) is 7.90. The van der Waals surface area contributed by atoms with Crippen LogP contribution < -0.4 is 5.73 Å². The Morgan fingerprint density at radius 1 is 1.10 bits per heavy atom. The molecule has 0 heterocycles. The van der Waals surface area contributed by atoms with E-state index in [1.54, 1.807) is 6.07 Å². The number of anilines is 1. The number of nitrogen functional groups attached to an aromatic ring is 1. The van der Waals surface area contributed by atoms with Gasteiger partial charge in [-0.2, -0.15) is 0 Å². The molecule has 2 rings (SSSR count). The monoisotopic (exact) mass is 353 g/mol. The Bertz CT molecular complexity index is 618. The fraction of sp³-hybridized carbons (Fsp3) is 0.250. The molecule has 0 bridgehead atoms. The first kappa shape index (κ1) is 15.4. The molecule has 0 fully saturated rings. The molecule has 0 radical (unpaired) electrons. The minimum atomic E-state index is -0.298. The lowest BCUT2D eigenvalue weighted by molar-refractivity contribution is 0.590. The van der Waals surface area contributed by atoms with Gasteiger partial charge in [-0.05, 0) is 51.2 Å². The van der Waals surface area contributed by atoms with E-state index in [0.717, 1.165) is 9.79 Å². The van der Waals surface area contributed by atoms with E-state index in [1.807, 2.05) is 12.1 Å². The number of rotatable bonds is 2. The molecule has 0 aliphatic rings. The van der Waals surface area contributed by atoms with Gasteiger partial charge in [-0.1, -0.05) is 44.7 Å². The van der Waals surface area contributed by atoms with Crippen LogP contribution in [0.15, 0.2) is 50.7 Å². The SMILES string of the molecule is CC(C)(C)c1ccc(Sc2cc(F)c(Br)cc2N)cc1. The van der Waals surface area contributed by atoms with Crippen molar-refractivity contribution in [3.05, 3.63) is 52.3 Å². The molecule has 0 aliphatic carbocycles. The molecule has 2 aromatic rings. The molecule has 0 unspecified atom stereocenters. The van der Waals surface area contributed by atoms with E-state index >= 15 is 0 Å². The van der Waals surface area contributed by atoms with Gasteiger partial charge in [-0.3, -0.25) is 0 Å². The van der Waals surface area contributed by atoms with Gasteiger partial charge in [0.25, 0.3) is 0 Å². The minimum Gasteiger partial charge on any atom is -0.398 e. The molecule has 106 valence electrons. The van der Waals surface area contributed by atoms with Crippen molar-refractivity contribution >= 4 is 33.4 Å². The van der Waals surface area contributed by atoms with Crippen molar-refractivity contribution in [2.24, 2.45) is 0 Å². The lowest BCUT2D eigenvalue weighted by Crippen LogP contribution is -2.10. The first-order valence-electron chi connectivity index (χ1n) is 6.30. The third kappa shape index (κ3) is 3.55. The molecular weight excluding hydrogens is 337 g/mol. The van der Waals surface area contributed by atoms with E-state index < -0.39 is 0 Å². The third-order valence-corrected chi connectivity index (χ3v) is 4.69. The van der Waals surface area contributed by atoms with E-state index in [2.05, 4.69) is 48.8 Å². The van der Waals surface area contributed by atoms with E-state index in [-0.39, 0.29) is 11.2 Å². The van der Waals surface area contributed by atoms with Gasteiger partial charge >= 0.3 is 0 Å². The average Bonchev–Trinajstić information content (AvgIpc) is 2.35. The number of hydrogen-bond donors (Lipinski definition) is 1. The molecule has 0 atom stereocenters. The van der Waals surface area contributed by atoms with E-state index in [1.165, 1.54) is 23.4 Å². The van der Waals surface area contributed by atoms with E-state index in [9.17, 15) is 4.39 Å². The maximum Gasteiger partial charge on any atom is 0.138 e. The standard InChI is InChI=1S/C16H17BrFNS/c1-16(2,3)10-4-6-11(7-5-10)20-15-9-13(18)12(17)8-14(15)19/h4-9H,19H2,1-3H3. The second-order valence-corrected chi connectivity index (χ2v) is 7.65. The summed E-state index contributed by atoms with van der Waals surface area (Å²) in [6.45, 7) is 6.53. The second-order valence-electron chi connectivity index (χ2n) is 5.68. The Hall–Kier alpha value is -1.00. The smallest absolute Gasteiger partial charge is 0.138 e. The topological polar surface area (TPSA) is 26.0 Å². The third-order valence-electron chi connectivity index (χ3n) is 3.00. The highest BCUT2D eigenvalue weighted by molar-refractivity contribution is 9.10. The molecular formula is C16H17BrFNS. The van der Waals surface area contributed by atoms with Gasteiger partial charge in [0.2, 0.25) is 0 Å². The summed E-state index contributed by atoms with van der Waals surface area (Å²) in [4.78, 5) is 1.78. The molecule has 2 N–H and O–H groups in total. The number of hydrogen-bond acceptors (Lipinski definition) is 2. The fourth-order valence-corrected chi connectivity index (χ4v) is 3.01. The van der Waals surface area contributed by atoms with Crippen LogP contribution in [0.3, 0.4) is 0 Å². The van der Waals surface area contributed by atoms with Crippen LogP contribution in [0.1, 0.15) is 26.3 Å². The average molecular weight is 354 g/mol. The maximum absolute atomic E-state index is 13.6. The zero-order valence-corrected chi connectivity index (χ0v) is 14.1. The molecule has 0 saturated heterocycles. The van der Waals surface area contributed by atoms with Crippen LogP contribution in [-0.2, 0) is 5.41 Å². The largest absolute Gasteiger partial charge is 0.398 e. The predicted molar refractivity (Wildman–Crippen MR) is 87.8 cm³/mol. The van der Waals surface area contributed by atoms with E-state index in [0.29, 0.717) is 10.2 Å². The predicted octanol–water partition coefficient (Wildman–Crippen LogP) is 5.62.